The number of nitrogens with zero attached hydrogens (tertiary/aromatic N) is 1. The Morgan fingerprint density at radius 3 is 2.91 bits per heavy atom. The third kappa shape index (κ3) is 3.36. The number of carbonyl (C=O) groups excluding carboxylic acids is 1. The van der Waals surface area contributed by atoms with Crippen LogP contribution >= 0.6 is 0 Å². The number of esters is 1. The van der Waals surface area contributed by atoms with Gasteiger partial charge in [-0.1, -0.05) is 12.1 Å². The zero-order valence-electron chi connectivity index (χ0n) is 11.9. The van der Waals surface area contributed by atoms with E-state index < -0.39 is 27.3 Å². The molecule has 0 saturated carbocycles. The number of ether oxygens (including phenoxy) is 1. The van der Waals surface area contributed by atoms with E-state index in [-0.39, 0.29) is 24.4 Å². The van der Waals surface area contributed by atoms with Gasteiger partial charge in [-0.2, -0.15) is 5.26 Å². The Labute approximate surface area is 128 Å². The SMILES string of the molecule is CCOC(=O)C1CNNC1S(=O)(=O)Nc1ccccc1C#N. The van der Waals surface area contributed by atoms with Crippen LogP contribution in [0.5, 0.6) is 0 Å². The number of hydrogen-bond acceptors (Lipinski definition) is 7. The van der Waals surface area contributed by atoms with Gasteiger partial charge in [-0.15, -0.1) is 0 Å². The van der Waals surface area contributed by atoms with E-state index in [1.807, 2.05) is 6.07 Å². The molecule has 0 aliphatic carbocycles. The molecule has 0 amide bonds. The summed E-state index contributed by atoms with van der Waals surface area (Å²) in [6, 6.07) is 8.14. The smallest absolute Gasteiger partial charge is 0.313 e. The van der Waals surface area contributed by atoms with Crippen LogP contribution in [-0.4, -0.2) is 32.9 Å². The highest BCUT2D eigenvalue weighted by Gasteiger charge is 2.42. The molecule has 1 aliphatic rings. The van der Waals surface area contributed by atoms with Crippen LogP contribution in [0.25, 0.3) is 0 Å². The number of hydrogen-bond donors (Lipinski definition) is 3. The number of nitrogens with one attached hydrogen (secondary N) is 3. The molecule has 1 aromatic carbocycles. The van der Waals surface area contributed by atoms with Gasteiger partial charge in [0, 0.05) is 6.54 Å². The minimum atomic E-state index is -3.93. The lowest BCUT2D eigenvalue weighted by Crippen LogP contribution is -2.44. The fourth-order valence-corrected chi connectivity index (χ4v) is 3.60. The van der Waals surface area contributed by atoms with Crippen molar-refractivity contribution in [2.24, 2.45) is 5.92 Å². The summed E-state index contributed by atoms with van der Waals surface area (Å²) in [5.41, 5.74) is 5.57. The van der Waals surface area contributed by atoms with Crippen molar-refractivity contribution in [3.8, 4) is 6.07 Å². The van der Waals surface area contributed by atoms with Crippen LogP contribution in [0.1, 0.15) is 12.5 Å². The number of hydrazine groups is 1. The molecule has 1 heterocycles. The zero-order valence-corrected chi connectivity index (χ0v) is 12.7. The Morgan fingerprint density at radius 1 is 1.50 bits per heavy atom. The number of sulfonamides is 1. The molecule has 0 spiro atoms. The average Bonchev–Trinajstić information content (AvgIpc) is 2.98. The molecular weight excluding hydrogens is 308 g/mol. The maximum atomic E-state index is 12.5. The summed E-state index contributed by atoms with van der Waals surface area (Å²) in [4.78, 5) is 11.8. The van der Waals surface area contributed by atoms with Crippen LogP contribution in [0.15, 0.2) is 24.3 Å². The van der Waals surface area contributed by atoms with E-state index in [0.29, 0.717) is 0 Å². The maximum Gasteiger partial charge on any atom is 0.313 e. The summed E-state index contributed by atoms with van der Waals surface area (Å²) in [5.74, 6) is -1.46. The molecule has 2 unspecified atom stereocenters. The van der Waals surface area contributed by atoms with Gasteiger partial charge in [-0.3, -0.25) is 14.9 Å². The van der Waals surface area contributed by atoms with Gasteiger partial charge in [0.2, 0.25) is 0 Å². The molecule has 1 saturated heterocycles. The van der Waals surface area contributed by atoms with Crippen molar-refractivity contribution in [1.82, 2.24) is 10.9 Å². The largest absolute Gasteiger partial charge is 0.466 e. The Kier molecular flexibility index (Phi) is 4.97. The van der Waals surface area contributed by atoms with E-state index in [0.717, 1.165) is 0 Å². The summed E-state index contributed by atoms with van der Waals surface area (Å²) >= 11 is 0. The first-order valence-electron chi connectivity index (χ1n) is 6.65. The summed E-state index contributed by atoms with van der Waals surface area (Å²) < 4.78 is 32.1. The van der Waals surface area contributed by atoms with Crippen molar-refractivity contribution in [3.05, 3.63) is 29.8 Å². The van der Waals surface area contributed by atoms with Crippen molar-refractivity contribution in [2.45, 2.75) is 12.3 Å². The van der Waals surface area contributed by atoms with E-state index in [2.05, 4.69) is 15.6 Å². The highest BCUT2D eigenvalue weighted by atomic mass is 32.2. The van der Waals surface area contributed by atoms with Gasteiger partial charge in [0.15, 0.2) is 5.37 Å². The van der Waals surface area contributed by atoms with Gasteiger partial charge >= 0.3 is 5.97 Å². The minimum absolute atomic E-state index is 0.143. The Hall–Kier alpha value is -2.15. The summed E-state index contributed by atoms with van der Waals surface area (Å²) in [6.45, 7) is 1.97. The van der Waals surface area contributed by atoms with Gasteiger partial charge < -0.3 is 4.74 Å². The first-order chi connectivity index (χ1) is 10.5. The van der Waals surface area contributed by atoms with E-state index in [1.165, 1.54) is 12.1 Å². The molecule has 2 rings (SSSR count). The molecule has 2 atom stereocenters. The second-order valence-electron chi connectivity index (χ2n) is 4.61. The minimum Gasteiger partial charge on any atom is -0.466 e. The summed E-state index contributed by atoms with van der Waals surface area (Å²) in [6.07, 6.45) is 0. The first kappa shape index (κ1) is 16.2. The van der Waals surface area contributed by atoms with E-state index in [4.69, 9.17) is 10.00 Å². The standard InChI is InChI=1S/C13H16N4O4S/c1-2-21-13(18)10-8-15-16-12(10)22(19,20)17-11-6-4-3-5-9(11)7-14/h3-6,10,12,15-17H,2,8H2,1H3. The van der Waals surface area contributed by atoms with E-state index in [9.17, 15) is 13.2 Å². The number of carbonyl (C=O) groups is 1. The lowest BCUT2D eigenvalue weighted by Gasteiger charge is -2.19. The molecule has 22 heavy (non-hydrogen) atoms. The van der Waals surface area contributed by atoms with Gasteiger partial charge in [0.05, 0.1) is 17.9 Å². The third-order valence-corrected chi connectivity index (χ3v) is 4.77. The topological polar surface area (TPSA) is 120 Å². The normalized spacial score (nSPS) is 21.1. The fraction of sp³-hybridized carbons (Fsp3) is 0.385. The number of rotatable bonds is 5. The molecular formula is C13H16N4O4S. The van der Waals surface area contributed by atoms with Crippen LogP contribution in [0, 0.1) is 17.2 Å². The van der Waals surface area contributed by atoms with Crippen LogP contribution in [0.2, 0.25) is 0 Å². The fourth-order valence-electron chi connectivity index (χ4n) is 2.11. The van der Waals surface area contributed by atoms with Crippen molar-refractivity contribution in [1.29, 1.82) is 5.26 Å². The van der Waals surface area contributed by atoms with Crippen LogP contribution in [0.4, 0.5) is 5.69 Å². The first-order valence-corrected chi connectivity index (χ1v) is 8.20. The predicted octanol–water partition coefficient (Wildman–Crippen LogP) is -0.0868. The predicted molar refractivity (Wildman–Crippen MR) is 78.7 cm³/mol. The lowest BCUT2D eigenvalue weighted by atomic mass is 10.2. The maximum absolute atomic E-state index is 12.5. The number of benzene rings is 1. The summed E-state index contributed by atoms with van der Waals surface area (Å²) in [7, 11) is -3.93. The van der Waals surface area contributed by atoms with Crippen LogP contribution < -0.4 is 15.6 Å². The van der Waals surface area contributed by atoms with Crippen LogP contribution in [-0.2, 0) is 19.6 Å². The molecule has 0 bridgehead atoms. The highest BCUT2D eigenvalue weighted by Crippen LogP contribution is 2.21. The van der Waals surface area contributed by atoms with Gasteiger partial charge in [-0.05, 0) is 19.1 Å². The molecule has 8 nitrogen and oxygen atoms in total. The van der Waals surface area contributed by atoms with Crippen molar-refractivity contribution in [2.75, 3.05) is 17.9 Å². The zero-order chi connectivity index (χ0) is 16.2. The van der Waals surface area contributed by atoms with Gasteiger partial charge in [0.1, 0.15) is 12.0 Å². The lowest BCUT2D eigenvalue weighted by molar-refractivity contribution is -0.147. The number of nitriles is 1. The Balaban J connectivity index is 2.23. The quantitative estimate of drug-likeness (QED) is 0.647. The van der Waals surface area contributed by atoms with Crippen molar-refractivity contribution in [3.63, 3.8) is 0 Å². The molecule has 1 aromatic rings. The molecule has 0 radical (unpaired) electrons. The highest BCUT2D eigenvalue weighted by molar-refractivity contribution is 7.93. The molecule has 9 heteroatoms. The molecule has 0 aromatic heterocycles. The average molecular weight is 324 g/mol. The Morgan fingerprint density at radius 2 is 2.23 bits per heavy atom. The second-order valence-corrected chi connectivity index (χ2v) is 6.41. The second kappa shape index (κ2) is 6.74. The summed E-state index contributed by atoms with van der Waals surface area (Å²) in [5, 5.41) is 7.82. The monoisotopic (exact) mass is 324 g/mol. The van der Waals surface area contributed by atoms with Crippen LogP contribution in [0.3, 0.4) is 0 Å². The van der Waals surface area contributed by atoms with Gasteiger partial charge in [-0.25, -0.2) is 13.8 Å². The van der Waals surface area contributed by atoms with Gasteiger partial charge in [0.25, 0.3) is 10.0 Å². The molecule has 1 fully saturated rings. The van der Waals surface area contributed by atoms with E-state index >= 15 is 0 Å². The van der Waals surface area contributed by atoms with E-state index in [1.54, 1.807) is 19.1 Å². The molecule has 118 valence electrons. The molecule has 3 N–H and O–H groups in total. The number of anilines is 1. The van der Waals surface area contributed by atoms with Crippen molar-refractivity contribution < 1.29 is 17.9 Å². The Bertz CT molecular complexity index is 698. The van der Waals surface area contributed by atoms with Crippen molar-refractivity contribution >= 4 is 21.7 Å². The number of para-hydroxylation sites is 1. The molecule has 1 aliphatic heterocycles. The third-order valence-electron chi connectivity index (χ3n) is 3.16.